The van der Waals surface area contributed by atoms with E-state index >= 15 is 0 Å². The third kappa shape index (κ3) is 4.15. The van der Waals surface area contributed by atoms with Crippen LogP contribution in [-0.4, -0.2) is 46.3 Å². The monoisotopic (exact) mass is 385 g/mol. The predicted octanol–water partition coefficient (Wildman–Crippen LogP) is 4.01. The number of imidazole rings is 1. The molecule has 1 aromatic heterocycles. The number of piperidine rings is 1. The summed E-state index contributed by atoms with van der Waals surface area (Å²) in [5.74, 6) is 3.06. The minimum Gasteiger partial charge on any atom is -0.497 e. The lowest BCUT2D eigenvalue weighted by Crippen LogP contribution is -2.45. The zero-order valence-corrected chi connectivity index (χ0v) is 16.7. The standard InChI is InChI=1S/C21H27N3O2S/c1-26-19-8-4-7-18(13-19)24-12-10-22-21(24)27-15-20(25)23-11-9-16-5-2-3-6-17(16)14-23/h4,7-8,10,12-13,16-17H,2-3,5-6,9,11,14-15H2,1H3/t16-,17+/m1/s1. The molecule has 0 N–H and O–H groups in total. The van der Waals surface area contributed by atoms with Crippen molar-refractivity contribution in [3.05, 3.63) is 36.7 Å². The SMILES string of the molecule is COc1cccc(-n2ccnc2SCC(=O)N2CC[C@H]3CCCC[C@H]3C2)c1. The molecule has 4 rings (SSSR count). The second-order valence-corrected chi connectivity index (χ2v) is 8.45. The number of aromatic nitrogens is 2. The number of carbonyl (C=O) groups is 1. The maximum absolute atomic E-state index is 12.8. The van der Waals surface area contributed by atoms with Crippen LogP contribution in [0.1, 0.15) is 32.1 Å². The highest BCUT2D eigenvalue weighted by Gasteiger charge is 2.32. The van der Waals surface area contributed by atoms with Crippen molar-refractivity contribution >= 4 is 17.7 Å². The number of fused-ring (bicyclic) bond motifs is 1. The molecule has 2 fully saturated rings. The first-order valence-corrected chi connectivity index (χ1v) is 10.8. The molecule has 6 heteroatoms. The Bertz CT molecular complexity index is 791. The molecule has 27 heavy (non-hydrogen) atoms. The number of nitrogens with zero attached hydrogens (tertiary/aromatic N) is 3. The summed E-state index contributed by atoms with van der Waals surface area (Å²) in [6, 6.07) is 7.87. The first-order valence-electron chi connectivity index (χ1n) is 9.83. The van der Waals surface area contributed by atoms with E-state index in [4.69, 9.17) is 4.74 Å². The van der Waals surface area contributed by atoms with Crippen LogP contribution in [0, 0.1) is 11.8 Å². The van der Waals surface area contributed by atoms with Gasteiger partial charge in [0.05, 0.1) is 18.6 Å². The van der Waals surface area contributed by atoms with Crippen molar-refractivity contribution in [1.29, 1.82) is 0 Å². The van der Waals surface area contributed by atoms with Gasteiger partial charge in [0.15, 0.2) is 5.16 Å². The second-order valence-electron chi connectivity index (χ2n) is 7.50. The van der Waals surface area contributed by atoms with Crippen LogP contribution >= 0.6 is 11.8 Å². The fraction of sp³-hybridized carbons (Fsp3) is 0.524. The molecule has 2 atom stereocenters. The summed E-state index contributed by atoms with van der Waals surface area (Å²) in [5.41, 5.74) is 0.991. The van der Waals surface area contributed by atoms with E-state index in [2.05, 4.69) is 9.88 Å². The first-order chi connectivity index (χ1) is 13.2. The Morgan fingerprint density at radius 2 is 2.11 bits per heavy atom. The fourth-order valence-corrected chi connectivity index (χ4v) is 5.27. The van der Waals surface area contributed by atoms with E-state index in [1.54, 1.807) is 13.3 Å². The van der Waals surface area contributed by atoms with Crippen molar-refractivity contribution in [1.82, 2.24) is 14.5 Å². The van der Waals surface area contributed by atoms with Crippen LogP contribution in [0.25, 0.3) is 5.69 Å². The molecule has 144 valence electrons. The first kappa shape index (κ1) is 18.4. The number of thioether (sulfide) groups is 1. The third-order valence-electron chi connectivity index (χ3n) is 5.91. The number of hydrogen-bond acceptors (Lipinski definition) is 4. The summed E-state index contributed by atoms with van der Waals surface area (Å²) >= 11 is 1.51. The van der Waals surface area contributed by atoms with Gasteiger partial charge >= 0.3 is 0 Å². The molecule has 1 aromatic carbocycles. The highest BCUT2D eigenvalue weighted by molar-refractivity contribution is 7.99. The molecule has 1 saturated heterocycles. The topological polar surface area (TPSA) is 47.4 Å². The molecule has 1 saturated carbocycles. The average Bonchev–Trinajstić information content (AvgIpc) is 3.20. The molecule has 0 unspecified atom stereocenters. The second kappa shape index (κ2) is 8.38. The van der Waals surface area contributed by atoms with E-state index in [0.717, 1.165) is 41.5 Å². The van der Waals surface area contributed by atoms with Gasteiger partial charge in [-0.15, -0.1) is 0 Å². The summed E-state index contributed by atoms with van der Waals surface area (Å²) in [4.78, 5) is 19.3. The molecule has 1 aliphatic carbocycles. The Morgan fingerprint density at radius 3 is 2.96 bits per heavy atom. The Hall–Kier alpha value is -1.95. The van der Waals surface area contributed by atoms with Crippen molar-refractivity contribution in [2.45, 2.75) is 37.3 Å². The number of benzene rings is 1. The Morgan fingerprint density at radius 1 is 1.26 bits per heavy atom. The Kier molecular flexibility index (Phi) is 5.72. The summed E-state index contributed by atoms with van der Waals surface area (Å²) in [7, 11) is 1.66. The molecule has 5 nitrogen and oxygen atoms in total. The normalized spacial score (nSPS) is 22.3. The summed E-state index contributed by atoms with van der Waals surface area (Å²) in [6.45, 7) is 1.87. The highest BCUT2D eigenvalue weighted by atomic mass is 32.2. The zero-order chi connectivity index (χ0) is 18.6. The van der Waals surface area contributed by atoms with Gasteiger partial charge in [-0.05, 0) is 36.8 Å². The number of rotatable bonds is 5. The molecule has 0 radical (unpaired) electrons. The number of amides is 1. The highest BCUT2D eigenvalue weighted by Crippen LogP contribution is 2.36. The maximum Gasteiger partial charge on any atom is 0.233 e. The lowest BCUT2D eigenvalue weighted by molar-refractivity contribution is -0.131. The fourth-order valence-electron chi connectivity index (χ4n) is 4.40. The van der Waals surface area contributed by atoms with E-state index in [0.29, 0.717) is 5.75 Å². The molecule has 2 aliphatic rings. The summed E-state index contributed by atoms with van der Waals surface area (Å²) in [6.07, 6.45) is 10.2. The predicted molar refractivity (Wildman–Crippen MR) is 107 cm³/mol. The Labute approximate surface area is 165 Å². The van der Waals surface area contributed by atoms with Crippen LogP contribution in [0.4, 0.5) is 0 Å². The lowest BCUT2D eigenvalue weighted by Gasteiger charge is -2.41. The summed E-state index contributed by atoms with van der Waals surface area (Å²) in [5, 5.41) is 0.837. The molecule has 2 heterocycles. The van der Waals surface area contributed by atoms with Gasteiger partial charge in [0.2, 0.25) is 5.91 Å². The van der Waals surface area contributed by atoms with Gasteiger partial charge in [-0.3, -0.25) is 9.36 Å². The van der Waals surface area contributed by atoms with Gasteiger partial charge in [-0.2, -0.15) is 0 Å². The Balaban J connectivity index is 1.38. The van der Waals surface area contributed by atoms with Gasteiger partial charge < -0.3 is 9.64 Å². The van der Waals surface area contributed by atoms with Gasteiger partial charge in [-0.25, -0.2) is 4.98 Å². The van der Waals surface area contributed by atoms with Crippen molar-refractivity contribution in [3.8, 4) is 11.4 Å². The van der Waals surface area contributed by atoms with Crippen LogP contribution in [0.5, 0.6) is 5.75 Å². The van der Waals surface area contributed by atoms with E-state index in [-0.39, 0.29) is 5.91 Å². The van der Waals surface area contributed by atoms with Crippen LogP contribution < -0.4 is 4.74 Å². The van der Waals surface area contributed by atoms with Crippen molar-refractivity contribution in [2.24, 2.45) is 11.8 Å². The molecular weight excluding hydrogens is 358 g/mol. The maximum atomic E-state index is 12.8. The van der Waals surface area contributed by atoms with Gasteiger partial charge in [0, 0.05) is 31.5 Å². The van der Waals surface area contributed by atoms with Crippen LogP contribution in [0.3, 0.4) is 0 Å². The minimum absolute atomic E-state index is 0.240. The van der Waals surface area contributed by atoms with Crippen molar-refractivity contribution in [2.75, 3.05) is 26.0 Å². The molecular formula is C21H27N3O2S. The van der Waals surface area contributed by atoms with Crippen molar-refractivity contribution in [3.63, 3.8) is 0 Å². The summed E-state index contributed by atoms with van der Waals surface area (Å²) < 4.78 is 7.32. The number of carbonyl (C=O) groups excluding carboxylic acids is 1. The number of ether oxygens (including phenoxy) is 1. The van der Waals surface area contributed by atoms with E-state index in [1.165, 1.54) is 43.9 Å². The van der Waals surface area contributed by atoms with E-state index in [1.807, 2.05) is 35.0 Å². The largest absolute Gasteiger partial charge is 0.497 e. The van der Waals surface area contributed by atoms with Gasteiger partial charge in [0.1, 0.15) is 5.75 Å². The molecule has 1 aliphatic heterocycles. The molecule has 0 spiro atoms. The number of likely N-dealkylation sites (tertiary alicyclic amines) is 1. The van der Waals surface area contributed by atoms with E-state index < -0.39 is 0 Å². The zero-order valence-electron chi connectivity index (χ0n) is 15.8. The van der Waals surface area contributed by atoms with Crippen LogP contribution in [0.2, 0.25) is 0 Å². The minimum atomic E-state index is 0.240. The average molecular weight is 386 g/mol. The van der Waals surface area contributed by atoms with Crippen LogP contribution in [0.15, 0.2) is 41.8 Å². The van der Waals surface area contributed by atoms with Gasteiger partial charge in [-0.1, -0.05) is 37.1 Å². The van der Waals surface area contributed by atoms with Crippen molar-refractivity contribution < 1.29 is 9.53 Å². The third-order valence-corrected chi connectivity index (χ3v) is 6.86. The quantitative estimate of drug-likeness (QED) is 0.730. The van der Waals surface area contributed by atoms with Gasteiger partial charge in [0.25, 0.3) is 0 Å². The number of methoxy groups -OCH3 is 1. The molecule has 0 bridgehead atoms. The lowest BCUT2D eigenvalue weighted by atomic mass is 9.75. The molecule has 1 amide bonds. The van der Waals surface area contributed by atoms with E-state index in [9.17, 15) is 4.79 Å². The molecule has 2 aromatic rings. The van der Waals surface area contributed by atoms with Crippen LogP contribution in [-0.2, 0) is 4.79 Å². The number of hydrogen-bond donors (Lipinski definition) is 0. The smallest absolute Gasteiger partial charge is 0.233 e.